The Morgan fingerprint density at radius 1 is 1.24 bits per heavy atom. The molecule has 4 aliphatic rings. The molecule has 15 heteroatoms. The van der Waals surface area contributed by atoms with Crippen LogP contribution in [0.25, 0.3) is 0 Å². The maximum Gasteiger partial charge on any atom is 0.284 e. The van der Waals surface area contributed by atoms with Gasteiger partial charge in [-0.15, -0.1) is 5.10 Å². The van der Waals surface area contributed by atoms with Gasteiger partial charge in [0.15, 0.2) is 0 Å². The molecule has 3 heterocycles. The number of ether oxygens (including phenoxy) is 3. The Balaban J connectivity index is 1.41. The molecule has 1 aromatic carbocycles. The van der Waals surface area contributed by atoms with E-state index in [0.29, 0.717) is 36.7 Å². The van der Waals surface area contributed by atoms with Crippen molar-refractivity contribution in [2.75, 3.05) is 39.2 Å². The molecule has 55 heavy (non-hydrogen) atoms. The molecular weight excluding hydrogens is 746 g/mol. The number of fused-ring (bicyclic) bond motifs is 3. The van der Waals surface area contributed by atoms with E-state index in [9.17, 15) is 24.0 Å². The van der Waals surface area contributed by atoms with Gasteiger partial charge in [-0.05, 0) is 91.7 Å². The van der Waals surface area contributed by atoms with Crippen LogP contribution in [0.2, 0.25) is 5.02 Å². The van der Waals surface area contributed by atoms with Crippen LogP contribution >= 0.6 is 11.6 Å². The molecular formula is C40H52ClN5O8S. The van der Waals surface area contributed by atoms with E-state index in [0.717, 1.165) is 49.0 Å². The molecule has 298 valence electrons. The monoisotopic (exact) mass is 797 g/mol. The van der Waals surface area contributed by atoms with Gasteiger partial charge in [-0.25, -0.2) is 9.20 Å². The third-order valence-electron chi connectivity index (χ3n) is 10.8. The zero-order chi connectivity index (χ0) is 39.1. The highest BCUT2D eigenvalue weighted by Crippen LogP contribution is 2.41. The van der Waals surface area contributed by atoms with Crippen LogP contribution in [-0.4, -0.2) is 104 Å². The summed E-state index contributed by atoms with van der Waals surface area (Å²) in [4.78, 5) is 33.7. The van der Waals surface area contributed by atoms with Crippen molar-refractivity contribution in [1.29, 1.82) is 0 Å². The van der Waals surface area contributed by atoms with Gasteiger partial charge in [0.2, 0.25) is 5.88 Å². The minimum Gasteiger partial charge on any atom is -0.496 e. The van der Waals surface area contributed by atoms with Gasteiger partial charge in [-0.1, -0.05) is 36.7 Å². The molecule has 1 saturated carbocycles. The van der Waals surface area contributed by atoms with E-state index >= 15 is 0 Å². The van der Waals surface area contributed by atoms with Gasteiger partial charge in [0.25, 0.3) is 11.8 Å². The number of benzene rings is 1. The number of rotatable bonds is 7. The average Bonchev–Trinajstić information content (AvgIpc) is 3.53. The average molecular weight is 798 g/mol. The summed E-state index contributed by atoms with van der Waals surface area (Å²) in [5, 5.41) is 24.5. The molecule has 13 nitrogen and oxygen atoms in total. The smallest absolute Gasteiger partial charge is 0.284 e. The first-order valence-corrected chi connectivity index (χ1v) is 21.1. The molecule has 7 atom stereocenters. The number of aliphatic hydroxyl groups is 2. The Hall–Kier alpha value is -3.66. The first-order valence-electron chi connectivity index (χ1n) is 19.0. The summed E-state index contributed by atoms with van der Waals surface area (Å²) >= 11 is 6.49. The fourth-order valence-electron chi connectivity index (χ4n) is 7.73. The molecule has 3 unspecified atom stereocenters. The molecule has 2 aliphatic heterocycles. The van der Waals surface area contributed by atoms with Crippen molar-refractivity contribution in [3.05, 3.63) is 81.7 Å². The molecule has 1 aromatic heterocycles. The normalized spacial score (nSPS) is 29.2. The number of aromatic nitrogens is 2. The fraction of sp³-hybridized carbons (Fsp3) is 0.550. The Labute approximate surface area is 328 Å². The maximum atomic E-state index is 14.6. The van der Waals surface area contributed by atoms with E-state index < -0.39 is 34.3 Å². The SMILES string of the molecule is COc1nn(C)cc1C(=O)N=CS1(=O)=NC(=O)C2=CC=C3OCCCCc4cc(Cl)ccc4CN(C[C@@H]4CC[C@H]4[C@@H](OCC(O)CO)/C=C/C[C@H](C)C1)C3C2. The topological polar surface area (TPSA) is 165 Å². The van der Waals surface area contributed by atoms with Gasteiger partial charge in [0.05, 0.1) is 48.8 Å². The van der Waals surface area contributed by atoms with Crippen molar-refractivity contribution in [3.63, 3.8) is 0 Å². The van der Waals surface area contributed by atoms with E-state index in [4.69, 9.17) is 25.8 Å². The van der Waals surface area contributed by atoms with Crippen molar-refractivity contribution >= 4 is 38.7 Å². The fourth-order valence-corrected chi connectivity index (χ4v) is 9.75. The van der Waals surface area contributed by atoms with E-state index in [-0.39, 0.29) is 60.1 Å². The van der Waals surface area contributed by atoms with E-state index in [2.05, 4.69) is 25.4 Å². The van der Waals surface area contributed by atoms with Crippen LogP contribution in [0.15, 0.2) is 69.4 Å². The van der Waals surface area contributed by atoms with Gasteiger partial charge in [-0.3, -0.25) is 19.2 Å². The minimum atomic E-state index is -3.49. The van der Waals surface area contributed by atoms with Gasteiger partial charge in [-0.2, -0.15) is 4.36 Å². The molecule has 6 rings (SSSR count). The Morgan fingerprint density at radius 2 is 2.07 bits per heavy atom. The van der Waals surface area contributed by atoms with Crippen LogP contribution in [0.4, 0.5) is 0 Å². The second-order valence-electron chi connectivity index (χ2n) is 15.1. The highest BCUT2D eigenvalue weighted by molar-refractivity contribution is 8.06. The van der Waals surface area contributed by atoms with Gasteiger partial charge in [0, 0.05) is 49.1 Å². The van der Waals surface area contributed by atoms with Crippen LogP contribution in [0.3, 0.4) is 0 Å². The number of hydrogen-bond acceptors (Lipinski definition) is 10. The molecule has 0 saturated heterocycles. The third-order valence-corrected chi connectivity index (χ3v) is 13.0. The highest BCUT2D eigenvalue weighted by atomic mass is 35.5. The molecule has 2 aliphatic carbocycles. The second-order valence-corrected chi connectivity index (χ2v) is 17.6. The van der Waals surface area contributed by atoms with E-state index in [1.54, 1.807) is 13.1 Å². The van der Waals surface area contributed by atoms with E-state index in [1.807, 2.05) is 37.3 Å². The standard InChI is InChI=1S/C40H52ClN5O8S/c1-26-7-6-9-36(54-23-32(48)22-47)33-14-11-30(33)20-46-19-29-10-13-31(41)17-27(29)8-4-5-16-53-37-15-12-28(18-35(37)46)38(49)44-55(51,24-26)25-42-39(50)34-21-45(2)43-40(34)52-3/h6,9-10,12-13,15,17,21,25-26,30,32-33,35-36,47-48H,4-5,7-8,11,14,16,18-20,22-24H2,1-3H3/b9-6+,42-25?/t26-,30-,32?,33+,35?,36-,55?/m0/s1. The number of nitrogens with zero attached hydrogens (tertiary/aromatic N) is 5. The number of aliphatic hydroxyl groups excluding tert-OH is 2. The van der Waals surface area contributed by atoms with Gasteiger partial charge in [0.1, 0.15) is 23.0 Å². The largest absolute Gasteiger partial charge is 0.496 e. The van der Waals surface area contributed by atoms with Crippen molar-refractivity contribution in [2.24, 2.45) is 34.2 Å². The minimum absolute atomic E-state index is 0.0132. The van der Waals surface area contributed by atoms with Crippen LogP contribution in [0.1, 0.15) is 66.9 Å². The Morgan fingerprint density at radius 3 is 2.84 bits per heavy atom. The lowest BCUT2D eigenvalue weighted by atomic mass is 9.69. The predicted molar refractivity (Wildman–Crippen MR) is 210 cm³/mol. The molecule has 2 aromatic rings. The summed E-state index contributed by atoms with van der Waals surface area (Å²) in [7, 11) is -0.460. The van der Waals surface area contributed by atoms with Crippen LogP contribution in [0, 0.1) is 17.8 Å². The number of hydrogen-bond donors (Lipinski definition) is 2. The number of aliphatic imine (C=N–C) groups is 1. The molecule has 1 fully saturated rings. The number of carbonyl (C=O) groups excluding carboxylic acids is 2. The summed E-state index contributed by atoms with van der Waals surface area (Å²) in [6.07, 6.45) is 13.0. The van der Waals surface area contributed by atoms with Crippen LogP contribution in [0.5, 0.6) is 5.88 Å². The predicted octanol–water partition coefficient (Wildman–Crippen LogP) is 5.04. The number of carbonyl (C=O) groups is 2. The zero-order valence-electron chi connectivity index (χ0n) is 31.7. The first-order chi connectivity index (χ1) is 26.4. The highest BCUT2D eigenvalue weighted by Gasteiger charge is 2.40. The Bertz CT molecular complexity index is 1970. The number of aryl methyl sites for hydroxylation is 2. The summed E-state index contributed by atoms with van der Waals surface area (Å²) in [6.45, 7) is 3.28. The zero-order valence-corrected chi connectivity index (χ0v) is 33.3. The first kappa shape index (κ1) is 41.0. The molecule has 0 spiro atoms. The molecule has 2 amide bonds. The lowest BCUT2D eigenvalue weighted by Gasteiger charge is -2.45. The van der Waals surface area contributed by atoms with Crippen molar-refractivity contribution in [2.45, 2.75) is 76.7 Å². The number of methoxy groups -OCH3 is 1. The molecule has 2 N–H and O–H groups in total. The summed E-state index contributed by atoms with van der Waals surface area (Å²) in [6, 6.07) is 5.73. The third kappa shape index (κ3) is 10.4. The lowest BCUT2D eigenvalue weighted by molar-refractivity contribution is -0.114. The van der Waals surface area contributed by atoms with Gasteiger partial charge >= 0.3 is 0 Å². The van der Waals surface area contributed by atoms with E-state index in [1.165, 1.54) is 23.6 Å². The Kier molecular flexibility index (Phi) is 13.8. The second kappa shape index (κ2) is 18.5. The quantitative estimate of drug-likeness (QED) is 0.220. The van der Waals surface area contributed by atoms with Crippen LogP contribution in [-0.2, 0) is 44.0 Å². The molecule has 2 bridgehead atoms. The van der Waals surface area contributed by atoms with Gasteiger partial charge < -0.3 is 24.4 Å². The van der Waals surface area contributed by atoms with Crippen molar-refractivity contribution in [3.8, 4) is 5.88 Å². The number of halogens is 1. The van der Waals surface area contributed by atoms with Crippen molar-refractivity contribution in [1.82, 2.24) is 14.7 Å². The molecule has 0 radical (unpaired) electrons. The number of amides is 2. The summed E-state index contributed by atoms with van der Waals surface area (Å²) < 4.78 is 38.3. The van der Waals surface area contributed by atoms with Crippen molar-refractivity contribution < 1.29 is 38.2 Å². The summed E-state index contributed by atoms with van der Waals surface area (Å²) in [5.41, 5.74) is 3.83. The lowest BCUT2D eigenvalue weighted by Crippen LogP contribution is -2.48. The maximum absolute atomic E-state index is 14.6. The van der Waals surface area contributed by atoms with Crippen LogP contribution < -0.4 is 4.74 Å². The summed E-state index contributed by atoms with van der Waals surface area (Å²) in [5.74, 6) is -0.366. The number of allylic oxidation sites excluding steroid dienone is 3.